The minimum Gasteiger partial charge on any atom is -0.308 e. The van der Waals surface area contributed by atoms with Gasteiger partial charge in [0.1, 0.15) is 11.3 Å². The maximum absolute atomic E-state index is 13.5. The van der Waals surface area contributed by atoms with E-state index in [2.05, 4.69) is 10.4 Å². The van der Waals surface area contributed by atoms with Crippen LogP contribution in [0.5, 0.6) is 0 Å². The van der Waals surface area contributed by atoms with Crippen LogP contribution in [0.3, 0.4) is 0 Å². The first-order chi connectivity index (χ1) is 8.08. The third kappa shape index (κ3) is 1.80. The van der Waals surface area contributed by atoms with E-state index in [0.29, 0.717) is 18.1 Å². The molecule has 0 atom stereocenters. The molecule has 0 fully saturated rings. The van der Waals surface area contributed by atoms with Crippen LogP contribution >= 0.6 is 0 Å². The zero-order chi connectivity index (χ0) is 12.6. The summed E-state index contributed by atoms with van der Waals surface area (Å²) < 4.78 is 40.0. The van der Waals surface area contributed by atoms with Crippen LogP contribution in [0.25, 0.3) is 10.9 Å². The molecule has 6 heteroatoms. The molecule has 0 aliphatic rings. The Bertz CT molecular complexity index is 584. The third-order valence-corrected chi connectivity index (χ3v) is 2.54. The zero-order valence-corrected chi connectivity index (χ0v) is 9.02. The molecule has 0 amide bonds. The third-order valence-electron chi connectivity index (χ3n) is 2.54. The fourth-order valence-corrected chi connectivity index (χ4v) is 1.67. The molecule has 0 aliphatic heterocycles. The molecule has 0 bridgehead atoms. The van der Waals surface area contributed by atoms with Gasteiger partial charge in [0.05, 0.1) is 0 Å². The van der Waals surface area contributed by atoms with Crippen LogP contribution in [0.2, 0.25) is 0 Å². The maximum atomic E-state index is 13.5. The molecule has 17 heavy (non-hydrogen) atoms. The van der Waals surface area contributed by atoms with Gasteiger partial charge in [-0.05, 0) is 18.1 Å². The van der Waals surface area contributed by atoms with E-state index in [-0.39, 0.29) is 16.7 Å². The number of benzene rings is 1. The molecule has 0 unspecified atom stereocenters. The number of nitrogens with one attached hydrogen (secondary N) is 1. The lowest BCUT2D eigenvalue weighted by molar-refractivity contribution is 0.505. The smallest absolute Gasteiger partial charge is 0.168 e. The van der Waals surface area contributed by atoms with E-state index in [1.165, 1.54) is 6.07 Å². The van der Waals surface area contributed by atoms with Crippen molar-refractivity contribution in [1.82, 2.24) is 4.98 Å². The minimum atomic E-state index is -1.23. The fraction of sp³-hybridized carbons (Fsp3) is 0.182. The first-order valence-corrected chi connectivity index (χ1v) is 5.02. The van der Waals surface area contributed by atoms with E-state index in [4.69, 9.17) is 5.84 Å². The van der Waals surface area contributed by atoms with Gasteiger partial charge in [-0.3, -0.25) is 0 Å². The van der Waals surface area contributed by atoms with E-state index in [1.807, 2.05) is 0 Å². The number of hydrogen-bond acceptors (Lipinski definition) is 3. The summed E-state index contributed by atoms with van der Waals surface area (Å²) in [5.74, 6) is 2.23. The standard InChI is InChI=1S/C11H10F3N3/c1-2-5-3-6-9(14)7(12)4-8(13)10(6)16-11(5)17-15/h3-4H,2,15H2,1H3,(H,16,17). The number of nitrogens with two attached hydrogens (primary N) is 1. The van der Waals surface area contributed by atoms with Crippen LogP contribution in [-0.2, 0) is 6.42 Å². The molecule has 0 saturated carbocycles. The Morgan fingerprint density at radius 1 is 1.24 bits per heavy atom. The molecular weight excluding hydrogens is 231 g/mol. The van der Waals surface area contributed by atoms with Gasteiger partial charge in [-0.1, -0.05) is 6.92 Å². The van der Waals surface area contributed by atoms with Gasteiger partial charge < -0.3 is 5.43 Å². The summed E-state index contributed by atoms with van der Waals surface area (Å²) in [6.45, 7) is 1.80. The van der Waals surface area contributed by atoms with Gasteiger partial charge in [-0.25, -0.2) is 24.0 Å². The first kappa shape index (κ1) is 11.7. The first-order valence-electron chi connectivity index (χ1n) is 5.02. The summed E-state index contributed by atoms with van der Waals surface area (Å²) in [4.78, 5) is 3.85. The van der Waals surface area contributed by atoms with E-state index in [1.54, 1.807) is 6.92 Å². The second-order valence-electron chi connectivity index (χ2n) is 3.54. The Morgan fingerprint density at radius 3 is 2.53 bits per heavy atom. The number of hydrazine groups is 1. The van der Waals surface area contributed by atoms with Crippen LogP contribution in [0.1, 0.15) is 12.5 Å². The van der Waals surface area contributed by atoms with Crippen molar-refractivity contribution in [2.24, 2.45) is 5.84 Å². The highest BCUT2D eigenvalue weighted by atomic mass is 19.2. The topological polar surface area (TPSA) is 50.9 Å². The molecule has 2 aromatic rings. The van der Waals surface area contributed by atoms with Crippen molar-refractivity contribution in [3.8, 4) is 0 Å². The summed E-state index contributed by atoms with van der Waals surface area (Å²) >= 11 is 0. The lowest BCUT2D eigenvalue weighted by atomic mass is 10.1. The minimum absolute atomic E-state index is 0.182. The lowest BCUT2D eigenvalue weighted by Crippen LogP contribution is -2.11. The van der Waals surface area contributed by atoms with Crippen LogP contribution in [0.15, 0.2) is 12.1 Å². The van der Waals surface area contributed by atoms with Crippen molar-refractivity contribution in [2.75, 3.05) is 5.43 Å². The Morgan fingerprint density at radius 2 is 1.94 bits per heavy atom. The van der Waals surface area contributed by atoms with Gasteiger partial charge in [-0.2, -0.15) is 0 Å². The van der Waals surface area contributed by atoms with Gasteiger partial charge >= 0.3 is 0 Å². The maximum Gasteiger partial charge on any atom is 0.168 e. The largest absolute Gasteiger partial charge is 0.308 e. The molecule has 2 rings (SSSR count). The number of aryl methyl sites for hydroxylation is 1. The molecule has 0 aliphatic carbocycles. The molecule has 90 valence electrons. The van der Waals surface area contributed by atoms with Crippen molar-refractivity contribution in [2.45, 2.75) is 13.3 Å². The van der Waals surface area contributed by atoms with E-state index < -0.39 is 17.5 Å². The molecule has 0 radical (unpaired) electrons. The highest BCUT2D eigenvalue weighted by Crippen LogP contribution is 2.26. The molecule has 0 spiro atoms. The second kappa shape index (κ2) is 4.21. The summed E-state index contributed by atoms with van der Waals surface area (Å²) in [5.41, 5.74) is 2.65. The molecule has 1 aromatic heterocycles. The number of pyridine rings is 1. The Kier molecular flexibility index (Phi) is 2.89. The Balaban J connectivity index is 2.87. The monoisotopic (exact) mass is 241 g/mol. The number of aromatic nitrogens is 1. The number of anilines is 1. The van der Waals surface area contributed by atoms with Crippen molar-refractivity contribution >= 4 is 16.7 Å². The molecule has 0 saturated heterocycles. The van der Waals surface area contributed by atoms with Gasteiger partial charge in [0.2, 0.25) is 0 Å². The molecule has 3 nitrogen and oxygen atoms in total. The van der Waals surface area contributed by atoms with Gasteiger partial charge in [0, 0.05) is 11.5 Å². The van der Waals surface area contributed by atoms with Crippen LogP contribution in [0, 0.1) is 17.5 Å². The lowest BCUT2D eigenvalue weighted by Gasteiger charge is -2.09. The number of halogens is 3. The zero-order valence-electron chi connectivity index (χ0n) is 9.02. The predicted molar refractivity (Wildman–Crippen MR) is 58.8 cm³/mol. The number of hydrogen-bond donors (Lipinski definition) is 2. The van der Waals surface area contributed by atoms with Crippen molar-refractivity contribution < 1.29 is 13.2 Å². The number of nitrogen functional groups attached to an aromatic ring is 1. The summed E-state index contributed by atoms with van der Waals surface area (Å²) in [6.07, 6.45) is 0.514. The van der Waals surface area contributed by atoms with E-state index in [9.17, 15) is 13.2 Å². The van der Waals surface area contributed by atoms with E-state index in [0.717, 1.165) is 0 Å². The molecule has 1 aromatic carbocycles. The quantitative estimate of drug-likeness (QED) is 0.482. The average Bonchev–Trinajstić information content (AvgIpc) is 2.34. The molecule has 1 heterocycles. The van der Waals surface area contributed by atoms with Crippen molar-refractivity contribution in [3.05, 3.63) is 35.1 Å². The van der Waals surface area contributed by atoms with Crippen LogP contribution in [-0.4, -0.2) is 4.98 Å². The molecule has 3 N–H and O–H groups in total. The Hall–Kier alpha value is -1.82. The fourth-order valence-electron chi connectivity index (χ4n) is 1.67. The molecular formula is C11H10F3N3. The normalized spacial score (nSPS) is 10.9. The predicted octanol–water partition coefficient (Wildman–Crippen LogP) is 2.50. The highest BCUT2D eigenvalue weighted by molar-refractivity contribution is 5.83. The van der Waals surface area contributed by atoms with Gasteiger partial charge in [-0.15, -0.1) is 0 Å². The second-order valence-corrected chi connectivity index (χ2v) is 3.54. The summed E-state index contributed by atoms with van der Waals surface area (Å²) in [6, 6.07) is 1.82. The number of nitrogens with zero attached hydrogens (tertiary/aromatic N) is 1. The highest BCUT2D eigenvalue weighted by Gasteiger charge is 2.15. The average molecular weight is 241 g/mol. The number of rotatable bonds is 2. The van der Waals surface area contributed by atoms with Crippen LogP contribution < -0.4 is 11.3 Å². The number of fused-ring (bicyclic) bond motifs is 1. The van der Waals surface area contributed by atoms with E-state index >= 15 is 0 Å². The van der Waals surface area contributed by atoms with Gasteiger partial charge in [0.25, 0.3) is 0 Å². The summed E-state index contributed by atoms with van der Waals surface area (Å²) in [5, 5.41) is -0.182. The van der Waals surface area contributed by atoms with Crippen LogP contribution in [0.4, 0.5) is 19.0 Å². The SMILES string of the molecule is CCc1cc2c(F)c(F)cc(F)c2nc1NN. The summed E-state index contributed by atoms with van der Waals surface area (Å²) in [7, 11) is 0. The van der Waals surface area contributed by atoms with Gasteiger partial charge in [0.15, 0.2) is 17.5 Å². The Labute approximate surface area is 95.4 Å². The van der Waals surface area contributed by atoms with Crippen molar-refractivity contribution in [1.29, 1.82) is 0 Å². The van der Waals surface area contributed by atoms with Crippen molar-refractivity contribution in [3.63, 3.8) is 0 Å².